The van der Waals surface area contributed by atoms with Crippen molar-refractivity contribution in [2.24, 2.45) is 5.73 Å². The fraction of sp³-hybridized carbons (Fsp3) is 0.292. The Morgan fingerprint density at radius 1 is 1.22 bits per heavy atom. The van der Waals surface area contributed by atoms with E-state index in [1.165, 1.54) is 28.6 Å². The summed E-state index contributed by atoms with van der Waals surface area (Å²) in [6.07, 6.45) is 1.52. The maximum atomic E-state index is 14.1. The van der Waals surface area contributed by atoms with E-state index in [0.717, 1.165) is 12.8 Å². The zero-order valence-corrected chi connectivity index (χ0v) is 20.1. The number of nitrogens with two attached hydrogens (primary N) is 1. The molecule has 10 nitrogen and oxygen atoms in total. The van der Waals surface area contributed by atoms with Crippen LogP contribution in [-0.4, -0.2) is 50.9 Å². The molecule has 1 fully saturated rings. The van der Waals surface area contributed by atoms with E-state index in [1.54, 1.807) is 24.3 Å². The van der Waals surface area contributed by atoms with Crippen LogP contribution in [0.4, 0.5) is 10.1 Å². The Labute approximate surface area is 210 Å². The summed E-state index contributed by atoms with van der Waals surface area (Å²) in [6.45, 7) is 0.853. The molecule has 0 atom stereocenters. The SMILES string of the molecule is CC(=O)Nc1ccc2c(c1)c(C(N)=O)nn2CC(=O)N(CC(=O)NCc1cccc(Cl)c1F)C1CC1. The van der Waals surface area contributed by atoms with E-state index in [2.05, 4.69) is 15.7 Å². The molecule has 0 aliphatic heterocycles. The maximum absolute atomic E-state index is 14.1. The van der Waals surface area contributed by atoms with Gasteiger partial charge < -0.3 is 21.3 Å². The summed E-state index contributed by atoms with van der Waals surface area (Å²) < 4.78 is 15.4. The van der Waals surface area contributed by atoms with Gasteiger partial charge in [-0.15, -0.1) is 0 Å². The molecular formula is C24H24ClFN6O4. The summed E-state index contributed by atoms with van der Waals surface area (Å²) in [4.78, 5) is 50.5. The smallest absolute Gasteiger partial charge is 0.269 e. The molecule has 0 radical (unpaired) electrons. The fourth-order valence-corrected chi connectivity index (χ4v) is 4.07. The van der Waals surface area contributed by atoms with E-state index < -0.39 is 17.6 Å². The molecule has 0 saturated heterocycles. The minimum Gasteiger partial charge on any atom is -0.364 e. The first-order valence-corrected chi connectivity index (χ1v) is 11.6. The number of benzene rings is 2. The molecule has 1 saturated carbocycles. The van der Waals surface area contributed by atoms with Crippen molar-refractivity contribution in [1.82, 2.24) is 20.0 Å². The molecule has 0 spiro atoms. The molecule has 1 aliphatic carbocycles. The Morgan fingerprint density at radius 3 is 2.64 bits per heavy atom. The minimum absolute atomic E-state index is 0.0377. The largest absolute Gasteiger partial charge is 0.364 e. The summed E-state index contributed by atoms with van der Waals surface area (Å²) in [5, 5.41) is 9.81. The molecular weight excluding hydrogens is 491 g/mol. The molecule has 3 aromatic rings. The summed E-state index contributed by atoms with van der Waals surface area (Å²) >= 11 is 5.78. The topological polar surface area (TPSA) is 139 Å². The van der Waals surface area contributed by atoms with Gasteiger partial charge in [0.1, 0.15) is 12.4 Å². The number of carbonyl (C=O) groups excluding carboxylic acids is 4. The average Bonchev–Trinajstić information content (AvgIpc) is 3.60. The van der Waals surface area contributed by atoms with Crippen LogP contribution in [0.25, 0.3) is 10.9 Å². The zero-order valence-electron chi connectivity index (χ0n) is 19.4. The Balaban J connectivity index is 1.49. The van der Waals surface area contributed by atoms with Gasteiger partial charge >= 0.3 is 0 Å². The van der Waals surface area contributed by atoms with Crippen molar-refractivity contribution in [2.45, 2.75) is 38.9 Å². The monoisotopic (exact) mass is 514 g/mol. The van der Waals surface area contributed by atoms with E-state index in [9.17, 15) is 23.6 Å². The number of amides is 4. The molecule has 1 aromatic heterocycles. The minimum atomic E-state index is -0.780. The highest BCUT2D eigenvalue weighted by atomic mass is 35.5. The van der Waals surface area contributed by atoms with E-state index in [4.69, 9.17) is 17.3 Å². The van der Waals surface area contributed by atoms with Crippen LogP contribution in [0.1, 0.15) is 35.8 Å². The van der Waals surface area contributed by atoms with Crippen LogP contribution in [-0.2, 0) is 27.5 Å². The highest BCUT2D eigenvalue weighted by Gasteiger charge is 2.34. The van der Waals surface area contributed by atoms with Crippen LogP contribution in [0.3, 0.4) is 0 Å². The molecule has 36 heavy (non-hydrogen) atoms. The molecule has 4 N–H and O–H groups in total. The van der Waals surface area contributed by atoms with Crippen molar-refractivity contribution in [3.8, 4) is 0 Å². The van der Waals surface area contributed by atoms with Gasteiger partial charge in [0.2, 0.25) is 17.7 Å². The molecule has 188 valence electrons. The van der Waals surface area contributed by atoms with Crippen molar-refractivity contribution >= 4 is 51.8 Å². The third kappa shape index (κ3) is 5.62. The molecule has 1 aliphatic rings. The quantitative estimate of drug-likeness (QED) is 0.401. The molecule has 0 bridgehead atoms. The first kappa shape index (κ1) is 25.1. The molecule has 4 amide bonds. The van der Waals surface area contributed by atoms with Crippen LogP contribution < -0.4 is 16.4 Å². The van der Waals surface area contributed by atoms with Crippen LogP contribution in [0.5, 0.6) is 0 Å². The van der Waals surface area contributed by atoms with Crippen LogP contribution in [0.15, 0.2) is 36.4 Å². The normalized spacial score (nSPS) is 12.9. The van der Waals surface area contributed by atoms with E-state index in [-0.39, 0.29) is 53.8 Å². The number of rotatable bonds is 9. The lowest BCUT2D eigenvalue weighted by atomic mass is 10.2. The van der Waals surface area contributed by atoms with Gasteiger partial charge in [-0.05, 0) is 37.1 Å². The molecule has 1 heterocycles. The third-order valence-corrected chi connectivity index (χ3v) is 6.01. The van der Waals surface area contributed by atoms with Gasteiger partial charge in [0.25, 0.3) is 5.91 Å². The second kappa shape index (κ2) is 10.3. The van der Waals surface area contributed by atoms with E-state index >= 15 is 0 Å². The number of aromatic nitrogens is 2. The van der Waals surface area contributed by atoms with E-state index in [1.807, 2.05) is 0 Å². The number of anilines is 1. The van der Waals surface area contributed by atoms with Crippen molar-refractivity contribution in [1.29, 1.82) is 0 Å². The first-order chi connectivity index (χ1) is 17.1. The van der Waals surface area contributed by atoms with Gasteiger partial charge in [-0.2, -0.15) is 5.10 Å². The number of primary amides is 1. The highest BCUT2D eigenvalue weighted by Crippen LogP contribution is 2.28. The van der Waals surface area contributed by atoms with Gasteiger partial charge in [-0.3, -0.25) is 23.9 Å². The number of hydrogen-bond donors (Lipinski definition) is 3. The number of nitrogens with one attached hydrogen (secondary N) is 2. The lowest BCUT2D eigenvalue weighted by Gasteiger charge is -2.22. The predicted molar refractivity (Wildman–Crippen MR) is 131 cm³/mol. The van der Waals surface area contributed by atoms with Crippen molar-refractivity contribution in [2.75, 3.05) is 11.9 Å². The molecule has 2 aromatic carbocycles. The Hall–Kier alpha value is -3.99. The van der Waals surface area contributed by atoms with Crippen molar-refractivity contribution in [3.63, 3.8) is 0 Å². The molecule has 0 unspecified atom stereocenters. The number of carbonyl (C=O) groups is 4. The fourth-order valence-electron chi connectivity index (χ4n) is 3.88. The third-order valence-electron chi connectivity index (χ3n) is 5.72. The Bertz CT molecular complexity index is 1370. The van der Waals surface area contributed by atoms with Gasteiger partial charge in [-0.25, -0.2) is 4.39 Å². The van der Waals surface area contributed by atoms with Gasteiger partial charge in [0.05, 0.1) is 17.1 Å². The molecule has 4 rings (SSSR count). The molecule has 12 heteroatoms. The number of fused-ring (bicyclic) bond motifs is 1. The maximum Gasteiger partial charge on any atom is 0.269 e. The lowest BCUT2D eigenvalue weighted by molar-refractivity contribution is -0.137. The second-order valence-corrected chi connectivity index (χ2v) is 8.93. The second-order valence-electron chi connectivity index (χ2n) is 8.53. The van der Waals surface area contributed by atoms with Crippen molar-refractivity contribution in [3.05, 3.63) is 58.5 Å². The number of nitrogens with zero attached hydrogens (tertiary/aromatic N) is 3. The summed E-state index contributed by atoms with van der Waals surface area (Å²) in [7, 11) is 0. The van der Waals surface area contributed by atoms with Gasteiger partial charge in [-0.1, -0.05) is 23.7 Å². The zero-order chi connectivity index (χ0) is 26.0. The van der Waals surface area contributed by atoms with Crippen LogP contribution >= 0.6 is 11.6 Å². The average molecular weight is 515 g/mol. The Kier molecular flexibility index (Phi) is 7.20. The van der Waals surface area contributed by atoms with Gasteiger partial charge in [0, 0.05) is 36.1 Å². The lowest BCUT2D eigenvalue weighted by Crippen LogP contribution is -2.43. The van der Waals surface area contributed by atoms with Crippen LogP contribution in [0.2, 0.25) is 5.02 Å². The highest BCUT2D eigenvalue weighted by molar-refractivity contribution is 6.30. The van der Waals surface area contributed by atoms with E-state index in [0.29, 0.717) is 16.6 Å². The van der Waals surface area contributed by atoms with Crippen molar-refractivity contribution < 1.29 is 23.6 Å². The van der Waals surface area contributed by atoms with Gasteiger partial charge in [0.15, 0.2) is 5.69 Å². The summed E-state index contributed by atoms with van der Waals surface area (Å²) in [5.74, 6) is -2.48. The summed E-state index contributed by atoms with van der Waals surface area (Å²) in [6, 6.07) is 9.24. The summed E-state index contributed by atoms with van der Waals surface area (Å²) in [5.41, 5.74) is 6.60. The standard InChI is InChI=1S/C24H24ClFN6O4/c1-13(33)29-15-5-8-19-17(9-15)23(24(27)36)30-32(19)12-21(35)31(16-6-7-16)11-20(34)28-10-14-3-2-4-18(25)22(14)26/h2-5,8-9,16H,6-7,10-12H2,1H3,(H2,27,36)(H,28,34)(H,29,33). The number of hydrogen-bond acceptors (Lipinski definition) is 5. The Morgan fingerprint density at radius 2 is 1.97 bits per heavy atom. The van der Waals surface area contributed by atoms with Crippen LogP contribution in [0, 0.1) is 5.82 Å². The first-order valence-electron chi connectivity index (χ1n) is 11.2. The predicted octanol–water partition coefficient (Wildman–Crippen LogP) is 2.19. The number of halogens is 2.